The number of para-hydroxylation sites is 1. The fourth-order valence-corrected chi connectivity index (χ4v) is 2.30. The van der Waals surface area contributed by atoms with Crippen molar-refractivity contribution in [2.45, 2.75) is 6.04 Å². The van der Waals surface area contributed by atoms with Crippen molar-refractivity contribution in [3.63, 3.8) is 0 Å². The third-order valence-corrected chi connectivity index (χ3v) is 3.31. The average Bonchev–Trinajstić information content (AvgIpc) is 3.11. The van der Waals surface area contributed by atoms with Gasteiger partial charge in [-0.3, -0.25) is 0 Å². The summed E-state index contributed by atoms with van der Waals surface area (Å²) in [5.74, 6) is 0. The molecule has 0 radical (unpaired) electrons. The Balaban J connectivity index is 2.07. The van der Waals surface area contributed by atoms with Crippen molar-refractivity contribution < 1.29 is 0 Å². The first kappa shape index (κ1) is 12.6. The van der Waals surface area contributed by atoms with Crippen molar-refractivity contribution in [1.82, 2.24) is 29.9 Å². The van der Waals surface area contributed by atoms with Crippen molar-refractivity contribution >= 4 is 0 Å². The highest BCUT2D eigenvalue weighted by Crippen LogP contribution is 2.22. The van der Waals surface area contributed by atoms with Gasteiger partial charge in [-0.2, -0.15) is 0 Å². The summed E-state index contributed by atoms with van der Waals surface area (Å²) in [7, 11) is 3.89. The highest BCUT2D eigenvalue weighted by molar-refractivity contribution is 5.34. The van der Waals surface area contributed by atoms with Crippen LogP contribution in [-0.2, 0) is 7.05 Å². The quantitative estimate of drug-likeness (QED) is 0.775. The van der Waals surface area contributed by atoms with Gasteiger partial charge < -0.3 is 9.88 Å². The lowest BCUT2D eigenvalue weighted by Crippen LogP contribution is -2.23. The minimum Gasteiger partial charge on any atom is -0.336 e. The number of nitrogens with zero attached hydrogens (tertiary/aromatic N) is 5. The summed E-state index contributed by atoms with van der Waals surface area (Å²) in [6, 6.07) is 9.95. The summed E-state index contributed by atoms with van der Waals surface area (Å²) in [5, 5.41) is 11.5. The van der Waals surface area contributed by atoms with Gasteiger partial charge in [0.1, 0.15) is 0 Å². The second-order valence-corrected chi connectivity index (χ2v) is 4.56. The Morgan fingerprint density at radius 3 is 2.55 bits per heavy atom. The third kappa shape index (κ3) is 2.10. The maximum atomic E-state index is 4.19. The fourth-order valence-electron chi connectivity index (χ4n) is 2.30. The smallest absolute Gasteiger partial charge is 0.0946 e. The SMILES string of the molecule is CNC(c1cncn1C)c1cnnn1-c1ccccc1. The van der Waals surface area contributed by atoms with Crippen molar-refractivity contribution in [3.8, 4) is 5.69 Å². The minimum atomic E-state index is -0.0160. The van der Waals surface area contributed by atoms with Crippen LogP contribution in [0.25, 0.3) is 5.69 Å². The topological polar surface area (TPSA) is 60.6 Å². The molecule has 0 saturated heterocycles. The molecule has 1 N–H and O–H groups in total. The number of aryl methyl sites for hydroxylation is 1. The summed E-state index contributed by atoms with van der Waals surface area (Å²) >= 11 is 0. The molecule has 102 valence electrons. The molecule has 0 aliphatic carbocycles. The van der Waals surface area contributed by atoms with Crippen LogP contribution in [0.2, 0.25) is 0 Å². The molecule has 0 amide bonds. The first-order valence-electron chi connectivity index (χ1n) is 6.40. The summed E-state index contributed by atoms with van der Waals surface area (Å²) < 4.78 is 3.83. The molecular formula is C14H16N6. The lowest BCUT2D eigenvalue weighted by molar-refractivity contribution is 0.597. The largest absolute Gasteiger partial charge is 0.336 e. The first-order chi connectivity index (χ1) is 9.81. The standard InChI is InChI=1S/C14H16N6/c1-15-14(12-8-16-10-19(12)2)13-9-17-18-20(13)11-6-4-3-5-7-11/h3-10,14-15H,1-2H3. The predicted octanol–water partition coefficient (Wildman–Crippen LogP) is 1.31. The number of benzene rings is 1. The fraction of sp³-hybridized carbons (Fsp3) is 0.214. The molecular weight excluding hydrogens is 252 g/mol. The van der Waals surface area contributed by atoms with E-state index in [0.29, 0.717) is 0 Å². The van der Waals surface area contributed by atoms with Crippen LogP contribution in [0.15, 0.2) is 49.1 Å². The molecule has 0 aliphatic heterocycles. The zero-order valence-corrected chi connectivity index (χ0v) is 11.4. The van der Waals surface area contributed by atoms with Crippen molar-refractivity contribution in [2.75, 3.05) is 7.05 Å². The van der Waals surface area contributed by atoms with Crippen molar-refractivity contribution in [2.24, 2.45) is 7.05 Å². The monoisotopic (exact) mass is 268 g/mol. The Bertz CT molecular complexity index is 685. The molecule has 0 saturated carbocycles. The van der Waals surface area contributed by atoms with Gasteiger partial charge in [-0.05, 0) is 19.2 Å². The molecule has 20 heavy (non-hydrogen) atoms. The maximum Gasteiger partial charge on any atom is 0.0946 e. The van der Waals surface area contributed by atoms with Crippen LogP contribution in [0.3, 0.4) is 0 Å². The van der Waals surface area contributed by atoms with Gasteiger partial charge in [-0.25, -0.2) is 9.67 Å². The van der Waals surface area contributed by atoms with Crippen LogP contribution in [0.1, 0.15) is 17.4 Å². The van der Waals surface area contributed by atoms with E-state index in [-0.39, 0.29) is 6.04 Å². The maximum absolute atomic E-state index is 4.19. The Hall–Kier alpha value is -2.47. The Kier molecular flexibility index (Phi) is 3.30. The van der Waals surface area contributed by atoms with Gasteiger partial charge in [0.15, 0.2) is 0 Å². The lowest BCUT2D eigenvalue weighted by Gasteiger charge is -2.17. The molecule has 1 aromatic carbocycles. The third-order valence-electron chi connectivity index (χ3n) is 3.31. The van der Waals surface area contributed by atoms with E-state index in [1.165, 1.54) is 0 Å². The van der Waals surface area contributed by atoms with Crippen LogP contribution >= 0.6 is 0 Å². The van der Waals surface area contributed by atoms with E-state index in [4.69, 9.17) is 0 Å². The lowest BCUT2D eigenvalue weighted by atomic mass is 10.1. The zero-order valence-electron chi connectivity index (χ0n) is 11.4. The molecule has 0 bridgehead atoms. The Morgan fingerprint density at radius 1 is 1.10 bits per heavy atom. The van der Waals surface area contributed by atoms with Gasteiger partial charge >= 0.3 is 0 Å². The number of rotatable bonds is 4. The summed E-state index contributed by atoms with van der Waals surface area (Å²) in [6.07, 6.45) is 5.42. The molecule has 2 heterocycles. The molecule has 3 aromatic rings. The highest BCUT2D eigenvalue weighted by Gasteiger charge is 2.20. The van der Waals surface area contributed by atoms with Crippen LogP contribution in [-0.4, -0.2) is 31.6 Å². The van der Waals surface area contributed by atoms with Gasteiger partial charge in [-0.15, -0.1) is 5.10 Å². The van der Waals surface area contributed by atoms with Gasteiger partial charge in [0, 0.05) is 7.05 Å². The predicted molar refractivity (Wildman–Crippen MR) is 75.5 cm³/mol. The molecule has 0 spiro atoms. The number of nitrogens with one attached hydrogen (secondary N) is 1. The number of aromatic nitrogens is 5. The summed E-state index contributed by atoms with van der Waals surface area (Å²) in [4.78, 5) is 4.18. The average molecular weight is 268 g/mol. The Labute approximate surface area is 117 Å². The van der Waals surface area contributed by atoms with Crippen molar-refractivity contribution in [3.05, 3.63) is 60.4 Å². The molecule has 6 heteroatoms. The van der Waals surface area contributed by atoms with Gasteiger partial charge in [-0.1, -0.05) is 23.4 Å². The van der Waals surface area contributed by atoms with Crippen LogP contribution < -0.4 is 5.32 Å². The number of imidazole rings is 1. The van der Waals surface area contributed by atoms with E-state index in [0.717, 1.165) is 17.1 Å². The molecule has 0 aliphatic rings. The zero-order chi connectivity index (χ0) is 13.9. The highest BCUT2D eigenvalue weighted by atomic mass is 15.4. The van der Waals surface area contributed by atoms with E-state index >= 15 is 0 Å². The molecule has 1 unspecified atom stereocenters. The molecule has 3 rings (SSSR count). The van der Waals surface area contributed by atoms with Crippen LogP contribution in [0.4, 0.5) is 0 Å². The normalized spacial score (nSPS) is 12.5. The number of hydrogen-bond acceptors (Lipinski definition) is 4. The van der Waals surface area contributed by atoms with E-state index in [1.54, 1.807) is 12.5 Å². The van der Waals surface area contributed by atoms with E-state index in [2.05, 4.69) is 20.6 Å². The van der Waals surface area contributed by atoms with Crippen LogP contribution in [0.5, 0.6) is 0 Å². The van der Waals surface area contributed by atoms with Crippen LogP contribution in [0, 0.1) is 0 Å². The second kappa shape index (κ2) is 5.26. The Morgan fingerprint density at radius 2 is 1.90 bits per heavy atom. The minimum absolute atomic E-state index is 0.0160. The van der Waals surface area contributed by atoms with E-state index in [9.17, 15) is 0 Å². The van der Waals surface area contributed by atoms with E-state index < -0.39 is 0 Å². The first-order valence-corrected chi connectivity index (χ1v) is 6.40. The van der Waals surface area contributed by atoms with Crippen molar-refractivity contribution in [1.29, 1.82) is 0 Å². The number of hydrogen-bond donors (Lipinski definition) is 1. The summed E-state index contributed by atoms with van der Waals surface area (Å²) in [5.41, 5.74) is 3.02. The molecule has 2 aromatic heterocycles. The molecule has 1 atom stereocenters. The van der Waals surface area contributed by atoms with E-state index in [1.807, 2.05) is 59.9 Å². The second-order valence-electron chi connectivity index (χ2n) is 4.56. The molecule has 6 nitrogen and oxygen atoms in total. The van der Waals surface area contributed by atoms with Gasteiger partial charge in [0.25, 0.3) is 0 Å². The van der Waals surface area contributed by atoms with Gasteiger partial charge in [0.2, 0.25) is 0 Å². The summed E-state index contributed by atoms with van der Waals surface area (Å²) in [6.45, 7) is 0. The van der Waals surface area contributed by atoms with Gasteiger partial charge in [0.05, 0.1) is 41.8 Å². The molecule has 0 fully saturated rings.